The molecular weight excluding hydrogens is 264 g/mol. The van der Waals surface area contributed by atoms with Crippen LogP contribution in [0.3, 0.4) is 0 Å². The zero-order valence-corrected chi connectivity index (χ0v) is 11.0. The molecule has 1 aliphatic rings. The van der Waals surface area contributed by atoms with Gasteiger partial charge in [-0.25, -0.2) is 4.98 Å². The molecule has 0 bridgehead atoms. The highest BCUT2D eigenvalue weighted by atomic mass is 35.5. The van der Waals surface area contributed by atoms with E-state index in [1.807, 2.05) is 4.90 Å². The highest BCUT2D eigenvalue weighted by Gasteiger charge is 2.30. The summed E-state index contributed by atoms with van der Waals surface area (Å²) in [5.74, 6) is -0.264. The van der Waals surface area contributed by atoms with Crippen LogP contribution in [0.5, 0.6) is 0 Å². The summed E-state index contributed by atoms with van der Waals surface area (Å²) in [5, 5.41) is 0. The molecule has 2 heterocycles. The molecule has 1 aliphatic heterocycles. The van der Waals surface area contributed by atoms with Crippen LogP contribution >= 0.6 is 22.9 Å². The summed E-state index contributed by atoms with van der Waals surface area (Å²) in [4.78, 5) is 18.6. The molecule has 0 aliphatic carbocycles. The first-order valence-electron chi connectivity index (χ1n) is 5.20. The van der Waals surface area contributed by atoms with Gasteiger partial charge in [-0.05, 0) is 0 Å². The minimum atomic E-state index is -0.338. The van der Waals surface area contributed by atoms with E-state index in [9.17, 15) is 4.79 Å². The number of hydrogen-bond donors (Lipinski definition) is 0. The van der Waals surface area contributed by atoms with Gasteiger partial charge < -0.3 is 9.47 Å². The molecule has 5 nitrogen and oxygen atoms in total. The topological polar surface area (TPSA) is 51.7 Å². The van der Waals surface area contributed by atoms with Crippen molar-refractivity contribution < 1.29 is 14.3 Å². The summed E-state index contributed by atoms with van der Waals surface area (Å²) >= 11 is 7.20. The lowest BCUT2D eigenvalue weighted by atomic mass is 10.2. The van der Waals surface area contributed by atoms with E-state index in [-0.39, 0.29) is 12.0 Å². The van der Waals surface area contributed by atoms with Crippen molar-refractivity contribution in [3.63, 3.8) is 0 Å². The van der Waals surface area contributed by atoms with Crippen LogP contribution in [0.25, 0.3) is 0 Å². The number of aromatic nitrogens is 1. The van der Waals surface area contributed by atoms with Gasteiger partial charge in [-0.15, -0.1) is 11.3 Å². The van der Waals surface area contributed by atoms with Crippen molar-refractivity contribution in [1.29, 1.82) is 0 Å². The largest absolute Gasteiger partial charge is 0.468 e. The predicted octanol–water partition coefficient (Wildman–Crippen LogP) is 1.17. The maximum Gasteiger partial charge on any atom is 0.325 e. The summed E-state index contributed by atoms with van der Waals surface area (Å²) in [6, 6.07) is -0.338. The lowest BCUT2D eigenvalue weighted by Crippen LogP contribution is -2.49. The highest BCUT2D eigenvalue weighted by Crippen LogP contribution is 2.21. The number of thiazole rings is 1. The van der Waals surface area contributed by atoms with Crippen molar-refractivity contribution >= 4 is 28.9 Å². The lowest BCUT2D eigenvalue weighted by molar-refractivity contribution is -0.153. The van der Waals surface area contributed by atoms with Crippen molar-refractivity contribution in [1.82, 2.24) is 9.88 Å². The van der Waals surface area contributed by atoms with Crippen molar-refractivity contribution in [2.45, 2.75) is 12.6 Å². The summed E-state index contributed by atoms with van der Waals surface area (Å²) in [6.45, 7) is 2.35. The molecule has 1 fully saturated rings. The number of rotatable bonds is 3. The Labute approximate surface area is 108 Å². The number of hydrogen-bond acceptors (Lipinski definition) is 6. The third kappa shape index (κ3) is 3.16. The molecule has 94 valence electrons. The van der Waals surface area contributed by atoms with Crippen LogP contribution in [0.15, 0.2) is 6.20 Å². The van der Waals surface area contributed by atoms with Gasteiger partial charge in [0.05, 0.1) is 20.3 Å². The van der Waals surface area contributed by atoms with Gasteiger partial charge in [-0.2, -0.15) is 0 Å². The molecule has 2 rings (SSSR count). The quantitative estimate of drug-likeness (QED) is 0.776. The van der Waals surface area contributed by atoms with Crippen molar-refractivity contribution in [3.05, 3.63) is 15.5 Å². The molecule has 1 unspecified atom stereocenters. The van der Waals surface area contributed by atoms with E-state index in [0.29, 0.717) is 30.8 Å². The molecule has 0 spiro atoms. The van der Waals surface area contributed by atoms with Gasteiger partial charge in [-0.1, -0.05) is 11.6 Å². The summed E-state index contributed by atoms with van der Waals surface area (Å²) in [7, 11) is 1.39. The predicted molar refractivity (Wildman–Crippen MR) is 64.2 cm³/mol. The number of ether oxygens (including phenoxy) is 2. The molecule has 0 aromatic carbocycles. The van der Waals surface area contributed by atoms with E-state index in [1.165, 1.54) is 18.4 Å². The van der Waals surface area contributed by atoms with E-state index < -0.39 is 0 Å². The lowest BCUT2D eigenvalue weighted by Gasteiger charge is -2.32. The van der Waals surface area contributed by atoms with Gasteiger partial charge in [0, 0.05) is 24.2 Å². The summed E-state index contributed by atoms with van der Waals surface area (Å²) in [5.41, 5.74) is 0. The number of methoxy groups -OCH3 is 1. The zero-order valence-electron chi connectivity index (χ0n) is 9.39. The first-order chi connectivity index (χ1) is 8.20. The van der Waals surface area contributed by atoms with Gasteiger partial charge in [-0.3, -0.25) is 9.69 Å². The van der Waals surface area contributed by atoms with E-state index in [2.05, 4.69) is 4.98 Å². The van der Waals surface area contributed by atoms with Crippen LogP contribution in [0.1, 0.15) is 4.88 Å². The van der Waals surface area contributed by atoms with Crippen LogP contribution in [0.2, 0.25) is 4.47 Å². The maximum atomic E-state index is 11.6. The average Bonchev–Trinajstić information content (AvgIpc) is 2.74. The normalized spacial score (nSPS) is 21.4. The Bertz CT molecular complexity index is 399. The number of esters is 1. The smallest absolute Gasteiger partial charge is 0.325 e. The fourth-order valence-electron chi connectivity index (χ4n) is 1.74. The molecule has 1 aromatic rings. The number of morpholine rings is 1. The number of carbonyl (C=O) groups is 1. The van der Waals surface area contributed by atoms with Gasteiger partial charge in [0.2, 0.25) is 0 Å². The van der Waals surface area contributed by atoms with Crippen LogP contribution in [0.4, 0.5) is 0 Å². The van der Waals surface area contributed by atoms with Crippen molar-refractivity contribution in [3.8, 4) is 0 Å². The Kier molecular flexibility index (Phi) is 4.33. The Hall–Kier alpha value is -0.690. The SMILES string of the molecule is COC(=O)C1COCCN1Cc1cnc(Cl)s1. The second-order valence-electron chi connectivity index (χ2n) is 3.66. The van der Waals surface area contributed by atoms with Crippen molar-refractivity contribution in [2.75, 3.05) is 26.9 Å². The number of halogens is 1. The van der Waals surface area contributed by atoms with Crippen LogP contribution < -0.4 is 0 Å². The average molecular weight is 277 g/mol. The Morgan fingerprint density at radius 1 is 1.82 bits per heavy atom. The molecule has 0 radical (unpaired) electrons. The van der Waals surface area contributed by atoms with Crippen LogP contribution in [-0.2, 0) is 20.8 Å². The van der Waals surface area contributed by atoms with Crippen LogP contribution in [-0.4, -0.2) is 48.8 Å². The Balaban J connectivity index is 2.03. The van der Waals surface area contributed by atoms with Gasteiger partial charge >= 0.3 is 5.97 Å². The van der Waals surface area contributed by atoms with E-state index in [4.69, 9.17) is 21.1 Å². The van der Waals surface area contributed by atoms with E-state index in [0.717, 1.165) is 4.88 Å². The monoisotopic (exact) mass is 276 g/mol. The van der Waals surface area contributed by atoms with Crippen molar-refractivity contribution in [2.24, 2.45) is 0 Å². The fraction of sp³-hybridized carbons (Fsp3) is 0.600. The summed E-state index contributed by atoms with van der Waals surface area (Å²) < 4.78 is 10.6. The van der Waals surface area contributed by atoms with E-state index >= 15 is 0 Å². The fourth-order valence-corrected chi connectivity index (χ4v) is 2.74. The third-order valence-electron chi connectivity index (χ3n) is 2.60. The highest BCUT2D eigenvalue weighted by molar-refractivity contribution is 7.15. The standard InChI is InChI=1S/C10H13ClN2O3S/c1-15-9(14)8-6-16-3-2-13(8)5-7-4-12-10(11)17-7/h4,8H,2-3,5-6H2,1H3. The van der Waals surface area contributed by atoms with Gasteiger partial charge in [0.25, 0.3) is 0 Å². The van der Waals surface area contributed by atoms with E-state index in [1.54, 1.807) is 6.20 Å². The molecule has 7 heteroatoms. The summed E-state index contributed by atoms with van der Waals surface area (Å²) in [6.07, 6.45) is 1.73. The molecule has 17 heavy (non-hydrogen) atoms. The second-order valence-corrected chi connectivity index (χ2v) is 5.36. The Morgan fingerprint density at radius 2 is 2.65 bits per heavy atom. The Morgan fingerprint density at radius 3 is 3.29 bits per heavy atom. The molecule has 1 atom stereocenters. The minimum absolute atomic E-state index is 0.264. The first kappa shape index (κ1) is 12.8. The molecular formula is C10H13ClN2O3S. The number of carbonyl (C=O) groups excluding carboxylic acids is 1. The maximum absolute atomic E-state index is 11.6. The van der Waals surface area contributed by atoms with Gasteiger partial charge in [0.1, 0.15) is 6.04 Å². The third-order valence-corrected chi connectivity index (χ3v) is 3.70. The molecule has 0 N–H and O–H groups in total. The number of nitrogens with zero attached hydrogens (tertiary/aromatic N) is 2. The molecule has 0 amide bonds. The van der Waals surface area contributed by atoms with Crippen LogP contribution in [0, 0.1) is 0 Å². The second kappa shape index (κ2) is 5.77. The molecule has 1 aromatic heterocycles. The molecule has 0 saturated carbocycles. The minimum Gasteiger partial charge on any atom is -0.468 e. The van der Waals surface area contributed by atoms with Gasteiger partial charge in [0.15, 0.2) is 4.47 Å². The molecule has 1 saturated heterocycles. The zero-order chi connectivity index (χ0) is 12.3. The first-order valence-corrected chi connectivity index (χ1v) is 6.40.